The molecule has 2 N–H and O–H groups in total. The second-order valence-electron chi connectivity index (χ2n) is 6.05. The molecule has 1 aliphatic rings. The van der Waals surface area contributed by atoms with Crippen LogP contribution in [-0.2, 0) is 13.1 Å². The van der Waals surface area contributed by atoms with E-state index >= 15 is 0 Å². The third-order valence-electron chi connectivity index (χ3n) is 4.70. The number of hydrogen-bond acceptors (Lipinski definition) is 4. The van der Waals surface area contributed by atoms with Crippen molar-refractivity contribution < 1.29 is 5.11 Å². The van der Waals surface area contributed by atoms with E-state index in [0.717, 1.165) is 18.7 Å². The molecule has 3 atom stereocenters. The molecular weight excluding hydrogens is 290 g/mol. The summed E-state index contributed by atoms with van der Waals surface area (Å²) in [6.07, 6.45) is 4.07. The van der Waals surface area contributed by atoms with Crippen molar-refractivity contribution in [1.29, 1.82) is 0 Å². The number of fused-ring (bicyclic) bond motifs is 1. The highest BCUT2D eigenvalue weighted by Crippen LogP contribution is 2.32. The van der Waals surface area contributed by atoms with Gasteiger partial charge in [0.1, 0.15) is 0 Å². The molecule has 1 aromatic carbocycles. The number of aryl methyl sites for hydroxylation is 1. The molecule has 3 aromatic rings. The van der Waals surface area contributed by atoms with E-state index in [2.05, 4.69) is 29.5 Å². The highest BCUT2D eigenvalue weighted by Gasteiger charge is 2.41. The van der Waals surface area contributed by atoms with Crippen LogP contribution in [0.15, 0.2) is 42.7 Å². The van der Waals surface area contributed by atoms with Crippen molar-refractivity contribution in [3.8, 4) is 0 Å². The van der Waals surface area contributed by atoms with Crippen molar-refractivity contribution in [3.63, 3.8) is 0 Å². The van der Waals surface area contributed by atoms with Crippen LogP contribution >= 0.6 is 0 Å². The molecule has 1 saturated carbocycles. The predicted molar refractivity (Wildman–Crippen MR) is 87.9 cm³/mol. The van der Waals surface area contributed by atoms with Gasteiger partial charge in [0.25, 0.3) is 0 Å². The first-order valence-corrected chi connectivity index (χ1v) is 8.13. The van der Waals surface area contributed by atoms with Crippen LogP contribution in [0, 0.1) is 0 Å². The lowest BCUT2D eigenvalue weighted by Gasteiger charge is -2.42. The molecule has 0 bridgehead atoms. The van der Waals surface area contributed by atoms with Crippen LogP contribution in [0.4, 0.5) is 0 Å². The van der Waals surface area contributed by atoms with Crippen molar-refractivity contribution >= 4 is 10.9 Å². The normalized spacial score (nSPS) is 24.0. The minimum atomic E-state index is -0.336. The van der Waals surface area contributed by atoms with Crippen LogP contribution in [-0.4, -0.2) is 36.8 Å². The number of rotatable bonds is 5. The zero-order chi connectivity index (χ0) is 15.8. The average Bonchev–Trinajstić information content (AvgIpc) is 3.19. The first kappa shape index (κ1) is 14.4. The summed E-state index contributed by atoms with van der Waals surface area (Å²) in [6.45, 7) is 3.66. The molecule has 23 heavy (non-hydrogen) atoms. The van der Waals surface area contributed by atoms with Gasteiger partial charge in [-0.25, -0.2) is 0 Å². The predicted octanol–water partition coefficient (Wildman–Crippen LogP) is 1.72. The Kier molecular flexibility index (Phi) is 3.63. The van der Waals surface area contributed by atoms with Crippen LogP contribution < -0.4 is 5.32 Å². The van der Waals surface area contributed by atoms with Gasteiger partial charge < -0.3 is 10.4 Å². The first-order chi connectivity index (χ1) is 11.3. The highest BCUT2D eigenvalue weighted by molar-refractivity contribution is 5.81. The van der Waals surface area contributed by atoms with Gasteiger partial charge in [-0.15, -0.1) is 0 Å². The van der Waals surface area contributed by atoms with Crippen molar-refractivity contribution in [2.24, 2.45) is 0 Å². The fourth-order valence-corrected chi connectivity index (χ4v) is 3.43. The van der Waals surface area contributed by atoms with E-state index in [4.69, 9.17) is 5.10 Å². The summed E-state index contributed by atoms with van der Waals surface area (Å²) >= 11 is 0. The Morgan fingerprint density at radius 1 is 1.30 bits per heavy atom. The van der Waals surface area contributed by atoms with Crippen molar-refractivity contribution in [3.05, 3.63) is 48.4 Å². The average molecular weight is 311 g/mol. The number of benzene rings is 1. The van der Waals surface area contributed by atoms with Gasteiger partial charge in [0, 0.05) is 36.9 Å². The van der Waals surface area contributed by atoms with E-state index < -0.39 is 0 Å². The molecule has 0 amide bonds. The highest BCUT2D eigenvalue weighted by atomic mass is 16.3. The van der Waals surface area contributed by atoms with E-state index in [-0.39, 0.29) is 18.2 Å². The Balaban J connectivity index is 1.51. The largest absolute Gasteiger partial charge is 0.391 e. The van der Waals surface area contributed by atoms with E-state index in [1.54, 1.807) is 6.20 Å². The maximum atomic E-state index is 10.0. The Bertz CT molecular complexity index is 795. The number of nitrogens with zero attached hydrogens (tertiary/aromatic N) is 4. The van der Waals surface area contributed by atoms with Crippen LogP contribution in [0.3, 0.4) is 0 Å². The number of aromatic nitrogens is 4. The van der Waals surface area contributed by atoms with Gasteiger partial charge >= 0.3 is 0 Å². The number of aliphatic hydroxyl groups excluding tert-OH is 1. The Labute approximate surface area is 134 Å². The molecule has 2 aromatic heterocycles. The van der Waals surface area contributed by atoms with Gasteiger partial charge in [-0.1, -0.05) is 18.2 Å². The summed E-state index contributed by atoms with van der Waals surface area (Å²) < 4.78 is 3.88. The van der Waals surface area contributed by atoms with Gasteiger partial charge in [0.2, 0.25) is 0 Å². The molecule has 0 unspecified atom stereocenters. The first-order valence-electron chi connectivity index (χ1n) is 8.13. The Morgan fingerprint density at radius 3 is 2.91 bits per heavy atom. The topological polar surface area (TPSA) is 67.9 Å². The van der Waals surface area contributed by atoms with Gasteiger partial charge in [-0.2, -0.15) is 10.2 Å². The zero-order valence-corrected chi connectivity index (χ0v) is 13.1. The molecule has 0 saturated heterocycles. The van der Waals surface area contributed by atoms with Gasteiger partial charge in [-0.05, 0) is 25.5 Å². The Morgan fingerprint density at radius 2 is 2.17 bits per heavy atom. The quantitative estimate of drug-likeness (QED) is 0.753. The number of hydrogen-bond donors (Lipinski definition) is 2. The van der Waals surface area contributed by atoms with Gasteiger partial charge in [0.05, 0.1) is 23.4 Å². The lowest BCUT2D eigenvalue weighted by atomic mass is 9.83. The van der Waals surface area contributed by atoms with Crippen molar-refractivity contribution in [1.82, 2.24) is 24.9 Å². The third kappa shape index (κ3) is 2.44. The third-order valence-corrected chi connectivity index (χ3v) is 4.70. The second kappa shape index (κ2) is 5.79. The maximum absolute atomic E-state index is 10.0. The van der Waals surface area contributed by atoms with E-state index in [0.29, 0.717) is 6.54 Å². The van der Waals surface area contributed by atoms with Gasteiger partial charge in [-0.3, -0.25) is 9.36 Å². The molecular formula is C17H21N5O. The summed E-state index contributed by atoms with van der Waals surface area (Å²) in [6, 6.07) is 10.4. The minimum Gasteiger partial charge on any atom is -0.391 e. The van der Waals surface area contributed by atoms with Crippen molar-refractivity contribution in [2.45, 2.75) is 44.6 Å². The molecule has 0 spiro atoms. The summed E-state index contributed by atoms with van der Waals surface area (Å²) in [7, 11) is 0. The molecule has 1 aliphatic carbocycles. The molecule has 0 radical (unpaired) electrons. The lowest BCUT2D eigenvalue weighted by Crippen LogP contribution is -2.54. The van der Waals surface area contributed by atoms with Crippen LogP contribution in [0.2, 0.25) is 0 Å². The summed E-state index contributed by atoms with van der Waals surface area (Å²) in [4.78, 5) is 0. The summed E-state index contributed by atoms with van der Waals surface area (Å²) in [5.41, 5.74) is 2.23. The number of aliphatic hydroxyl groups is 1. The molecule has 2 heterocycles. The summed E-state index contributed by atoms with van der Waals surface area (Å²) in [5.74, 6) is 0. The lowest BCUT2D eigenvalue weighted by molar-refractivity contribution is -0.00830. The minimum absolute atomic E-state index is 0.00419. The molecule has 4 rings (SSSR count). The fraction of sp³-hybridized carbons (Fsp3) is 0.412. The summed E-state index contributed by atoms with van der Waals surface area (Å²) in [5, 5.41) is 23.7. The zero-order valence-electron chi connectivity index (χ0n) is 13.1. The number of nitrogens with one attached hydrogen (secondary N) is 1. The van der Waals surface area contributed by atoms with E-state index in [1.165, 1.54) is 10.9 Å². The molecule has 1 fully saturated rings. The van der Waals surface area contributed by atoms with E-state index in [9.17, 15) is 5.11 Å². The van der Waals surface area contributed by atoms with Crippen LogP contribution in [0.1, 0.15) is 25.1 Å². The van der Waals surface area contributed by atoms with Crippen molar-refractivity contribution in [2.75, 3.05) is 0 Å². The van der Waals surface area contributed by atoms with Gasteiger partial charge in [0.15, 0.2) is 0 Å². The fourth-order valence-electron chi connectivity index (χ4n) is 3.43. The standard InChI is InChI=1S/C17H21N5O/c1-2-21-15-7-4-3-6-12(15)14(20-21)11-18-13-10-16(23)17(13)22-9-5-8-19-22/h3-9,13,16-18,23H,2,10-11H2,1H3/t13-,16+,17+/m0/s1. The SMILES string of the molecule is CCn1nc(CN[C@H]2C[C@@H](O)[C@@H]2n2cccn2)c2ccccc21. The second-order valence-corrected chi connectivity index (χ2v) is 6.05. The number of para-hydroxylation sites is 1. The monoisotopic (exact) mass is 311 g/mol. The smallest absolute Gasteiger partial charge is 0.0932 e. The molecule has 120 valence electrons. The van der Waals surface area contributed by atoms with Crippen LogP contribution in [0.5, 0.6) is 0 Å². The van der Waals surface area contributed by atoms with E-state index in [1.807, 2.05) is 33.8 Å². The van der Waals surface area contributed by atoms with Crippen LogP contribution in [0.25, 0.3) is 10.9 Å². The molecule has 6 heteroatoms. The Hall–Kier alpha value is -2.18. The molecule has 0 aliphatic heterocycles. The maximum Gasteiger partial charge on any atom is 0.0932 e. The molecule has 6 nitrogen and oxygen atoms in total.